The zero-order chi connectivity index (χ0) is 17.9. The van der Waals surface area contributed by atoms with Crippen molar-refractivity contribution >= 4 is 40.8 Å². The minimum absolute atomic E-state index is 0.316. The lowest BCUT2D eigenvalue weighted by atomic mass is 10.2. The minimum Gasteiger partial charge on any atom is -0.449 e. The first-order valence-corrected chi connectivity index (χ1v) is 7.45. The maximum absolute atomic E-state index is 13.2. The first-order chi connectivity index (χ1) is 11.3. The number of nitrogens with one attached hydrogen (secondary N) is 1. The van der Waals surface area contributed by atoms with Crippen LogP contribution in [0.2, 0.25) is 10.0 Å². The van der Waals surface area contributed by atoms with Crippen LogP contribution in [-0.2, 0) is 9.53 Å². The molecule has 24 heavy (non-hydrogen) atoms. The fraction of sp³-hybridized carbons (Fsp3) is 0.125. The van der Waals surface area contributed by atoms with Crippen molar-refractivity contribution < 1.29 is 23.1 Å². The van der Waals surface area contributed by atoms with Crippen molar-refractivity contribution in [1.29, 1.82) is 0 Å². The van der Waals surface area contributed by atoms with Gasteiger partial charge in [0.15, 0.2) is 17.7 Å². The smallest absolute Gasteiger partial charge is 0.340 e. The van der Waals surface area contributed by atoms with Crippen molar-refractivity contribution in [3.05, 3.63) is 63.6 Å². The SMILES string of the molecule is C[C@@H](OC(=O)c1cc(F)c(F)cc1Cl)C(=O)Nc1ccc(Cl)cc1. The van der Waals surface area contributed by atoms with Crippen LogP contribution in [0, 0.1) is 11.6 Å². The molecule has 0 aliphatic heterocycles. The van der Waals surface area contributed by atoms with Crippen LogP contribution in [0.1, 0.15) is 17.3 Å². The number of esters is 1. The Labute approximate surface area is 146 Å². The van der Waals surface area contributed by atoms with E-state index in [4.69, 9.17) is 27.9 Å². The highest BCUT2D eigenvalue weighted by atomic mass is 35.5. The summed E-state index contributed by atoms with van der Waals surface area (Å²) in [4.78, 5) is 23.9. The molecular weight excluding hydrogens is 363 g/mol. The van der Waals surface area contributed by atoms with E-state index in [-0.39, 0.29) is 10.6 Å². The summed E-state index contributed by atoms with van der Waals surface area (Å²) in [6.45, 7) is 1.33. The lowest BCUT2D eigenvalue weighted by molar-refractivity contribution is -0.123. The normalized spacial score (nSPS) is 11.7. The van der Waals surface area contributed by atoms with E-state index in [1.807, 2.05) is 0 Å². The second-order valence-electron chi connectivity index (χ2n) is 4.79. The van der Waals surface area contributed by atoms with Gasteiger partial charge in [-0.15, -0.1) is 0 Å². The molecule has 0 unspecified atom stereocenters. The van der Waals surface area contributed by atoms with Gasteiger partial charge in [-0.05, 0) is 43.3 Å². The summed E-state index contributed by atoms with van der Waals surface area (Å²) in [5.41, 5.74) is 0.0832. The standard InChI is InChI=1S/C16H11Cl2F2NO3/c1-8(15(22)21-10-4-2-9(17)3-5-10)24-16(23)11-6-13(19)14(20)7-12(11)18/h2-8H,1H3,(H,21,22)/t8-/m1/s1. The van der Waals surface area contributed by atoms with Crippen LogP contribution in [0.15, 0.2) is 36.4 Å². The molecular formula is C16H11Cl2F2NO3. The average molecular weight is 374 g/mol. The number of halogens is 4. The van der Waals surface area contributed by atoms with Gasteiger partial charge in [-0.1, -0.05) is 23.2 Å². The molecule has 0 heterocycles. The molecule has 0 fully saturated rings. The summed E-state index contributed by atoms with van der Waals surface area (Å²) in [7, 11) is 0. The van der Waals surface area contributed by atoms with Crippen molar-refractivity contribution in [2.24, 2.45) is 0 Å². The molecule has 1 atom stereocenters. The van der Waals surface area contributed by atoms with Crippen LogP contribution in [-0.4, -0.2) is 18.0 Å². The highest BCUT2D eigenvalue weighted by Gasteiger charge is 2.22. The van der Waals surface area contributed by atoms with E-state index in [9.17, 15) is 18.4 Å². The van der Waals surface area contributed by atoms with Gasteiger partial charge < -0.3 is 10.1 Å². The fourth-order valence-electron chi connectivity index (χ4n) is 1.73. The second-order valence-corrected chi connectivity index (χ2v) is 5.63. The van der Waals surface area contributed by atoms with Crippen LogP contribution in [0.4, 0.5) is 14.5 Å². The number of hydrogen-bond donors (Lipinski definition) is 1. The number of anilines is 1. The Morgan fingerprint density at radius 1 is 1.08 bits per heavy atom. The molecule has 1 amide bonds. The molecule has 2 rings (SSSR count). The molecule has 0 aliphatic carbocycles. The predicted molar refractivity (Wildman–Crippen MR) is 86.3 cm³/mol. The number of rotatable bonds is 4. The van der Waals surface area contributed by atoms with E-state index in [2.05, 4.69) is 5.32 Å². The molecule has 0 bridgehead atoms. The predicted octanol–water partition coefficient (Wildman–Crippen LogP) is 4.46. The van der Waals surface area contributed by atoms with Gasteiger partial charge in [0.05, 0.1) is 10.6 Å². The molecule has 0 spiro atoms. The molecule has 0 saturated carbocycles. The average Bonchev–Trinajstić information content (AvgIpc) is 2.52. The number of carbonyl (C=O) groups excluding carboxylic acids is 2. The van der Waals surface area contributed by atoms with E-state index in [1.165, 1.54) is 6.92 Å². The molecule has 1 N–H and O–H groups in total. The highest BCUT2D eigenvalue weighted by molar-refractivity contribution is 6.33. The Balaban J connectivity index is 2.04. The van der Waals surface area contributed by atoms with Gasteiger partial charge in [0.1, 0.15) is 0 Å². The van der Waals surface area contributed by atoms with E-state index < -0.39 is 29.6 Å². The van der Waals surface area contributed by atoms with Gasteiger partial charge in [0.25, 0.3) is 5.91 Å². The molecule has 0 saturated heterocycles. The van der Waals surface area contributed by atoms with Crippen molar-refractivity contribution in [3.63, 3.8) is 0 Å². The maximum Gasteiger partial charge on any atom is 0.340 e. The maximum atomic E-state index is 13.2. The summed E-state index contributed by atoms with van der Waals surface area (Å²) in [6, 6.07) is 7.57. The summed E-state index contributed by atoms with van der Waals surface area (Å²) in [5, 5.41) is 2.70. The lowest BCUT2D eigenvalue weighted by Gasteiger charge is -2.14. The second kappa shape index (κ2) is 7.59. The van der Waals surface area contributed by atoms with Gasteiger partial charge in [-0.3, -0.25) is 4.79 Å². The van der Waals surface area contributed by atoms with E-state index in [0.717, 1.165) is 0 Å². The Kier molecular flexibility index (Phi) is 5.75. The first-order valence-electron chi connectivity index (χ1n) is 6.70. The minimum atomic E-state index is -1.25. The lowest BCUT2D eigenvalue weighted by Crippen LogP contribution is -2.30. The molecule has 2 aromatic rings. The Morgan fingerprint density at radius 2 is 1.67 bits per heavy atom. The van der Waals surface area contributed by atoms with Crippen LogP contribution in [0.3, 0.4) is 0 Å². The van der Waals surface area contributed by atoms with Gasteiger partial charge in [0, 0.05) is 10.7 Å². The summed E-state index contributed by atoms with van der Waals surface area (Å²) in [5.74, 6) is -4.09. The van der Waals surface area contributed by atoms with Crippen molar-refractivity contribution in [3.8, 4) is 0 Å². The zero-order valence-corrected chi connectivity index (χ0v) is 13.8. The Bertz CT molecular complexity index is 782. The van der Waals surface area contributed by atoms with Gasteiger partial charge in [-0.25, -0.2) is 13.6 Å². The van der Waals surface area contributed by atoms with E-state index in [1.54, 1.807) is 24.3 Å². The number of hydrogen-bond acceptors (Lipinski definition) is 3. The van der Waals surface area contributed by atoms with E-state index >= 15 is 0 Å². The molecule has 8 heteroatoms. The largest absolute Gasteiger partial charge is 0.449 e. The monoisotopic (exact) mass is 373 g/mol. The van der Waals surface area contributed by atoms with Gasteiger partial charge in [0.2, 0.25) is 0 Å². The quantitative estimate of drug-likeness (QED) is 0.635. The van der Waals surface area contributed by atoms with Crippen LogP contribution >= 0.6 is 23.2 Å². The van der Waals surface area contributed by atoms with Crippen LogP contribution in [0.25, 0.3) is 0 Å². The molecule has 0 radical (unpaired) electrons. The van der Waals surface area contributed by atoms with Crippen LogP contribution in [0.5, 0.6) is 0 Å². The highest BCUT2D eigenvalue weighted by Crippen LogP contribution is 2.21. The third kappa shape index (κ3) is 4.43. The fourth-order valence-corrected chi connectivity index (χ4v) is 2.09. The molecule has 4 nitrogen and oxygen atoms in total. The van der Waals surface area contributed by atoms with E-state index in [0.29, 0.717) is 22.8 Å². The third-order valence-electron chi connectivity index (χ3n) is 2.99. The number of carbonyl (C=O) groups is 2. The Morgan fingerprint density at radius 3 is 2.29 bits per heavy atom. The summed E-state index contributed by atoms with van der Waals surface area (Å²) in [6.07, 6.45) is -1.18. The number of ether oxygens (including phenoxy) is 1. The number of benzene rings is 2. The molecule has 0 aliphatic rings. The van der Waals surface area contributed by atoms with Gasteiger partial charge >= 0.3 is 5.97 Å². The summed E-state index contributed by atoms with van der Waals surface area (Å²) < 4.78 is 31.1. The van der Waals surface area contributed by atoms with Crippen molar-refractivity contribution in [2.45, 2.75) is 13.0 Å². The first kappa shape index (κ1) is 18.2. The third-order valence-corrected chi connectivity index (χ3v) is 3.56. The number of amides is 1. The van der Waals surface area contributed by atoms with Crippen molar-refractivity contribution in [2.75, 3.05) is 5.32 Å². The molecule has 0 aromatic heterocycles. The zero-order valence-electron chi connectivity index (χ0n) is 12.3. The van der Waals surface area contributed by atoms with Crippen molar-refractivity contribution in [1.82, 2.24) is 0 Å². The molecule has 126 valence electrons. The van der Waals surface area contributed by atoms with Gasteiger partial charge in [-0.2, -0.15) is 0 Å². The Hall–Kier alpha value is -2.18. The summed E-state index contributed by atoms with van der Waals surface area (Å²) >= 11 is 11.4. The van der Waals surface area contributed by atoms with Crippen LogP contribution < -0.4 is 5.32 Å². The molecule has 2 aromatic carbocycles. The topological polar surface area (TPSA) is 55.4 Å².